The summed E-state index contributed by atoms with van der Waals surface area (Å²) in [6.45, 7) is 2.40. The van der Waals surface area contributed by atoms with E-state index in [0.717, 1.165) is 12.1 Å². The molecule has 0 aliphatic heterocycles. The Morgan fingerprint density at radius 2 is 1.81 bits per heavy atom. The van der Waals surface area contributed by atoms with Crippen molar-refractivity contribution in [3.8, 4) is 0 Å². The first-order chi connectivity index (χ1) is 9.93. The van der Waals surface area contributed by atoms with Crippen molar-refractivity contribution < 1.29 is 17.6 Å². The summed E-state index contributed by atoms with van der Waals surface area (Å²) in [7, 11) is 0. The fraction of sp³-hybridized carbons (Fsp3) is 0.286. The van der Waals surface area contributed by atoms with Crippen molar-refractivity contribution >= 4 is 0 Å². The van der Waals surface area contributed by atoms with E-state index in [1.54, 1.807) is 0 Å². The molecular weight excluding hydrogens is 286 g/mol. The molecule has 21 heavy (non-hydrogen) atoms. The molecule has 2 rings (SSSR count). The van der Waals surface area contributed by atoms with Gasteiger partial charge in [-0.2, -0.15) is 13.2 Å². The van der Waals surface area contributed by atoms with Crippen LogP contribution in [0.4, 0.5) is 17.6 Å². The second-order valence-corrected chi connectivity index (χ2v) is 4.40. The van der Waals surface area contributed by atoms with E-state index in [4.69, 9.17) is 0 Å². The molecule has 112 valence electrons. The smallest absolute Gasteiger partial charge is 0.306 e. The molecule has 0 fully saturated rings. The first-order valence-electron chi connectivity index (χ1n) is 6.28. The number of halogens is 4. The normalized spacial score (nSPS) is 13.2. The Morgan fingerprint density at radius 3 is 2.33 bits per heavy atom. The minimum Gasteiger partial charge on any atom is -0.306 e. The zero-order valence-electron chi connectivity index (χ0n) is 11.2. The summed E-state index contributed by atoms with van der Waals surface area (Å²) < 4.78 is 51.4. The van der Waals surface area contributed by atoms with Crippen LogP contribution in [0.2, 0.25) is 0 Å². The van der Waals surface area contributed by atoms with Crippen molar-refractivity contribution in [1.82, 2.24) is 15.3 Å². The number of hydrogen-bond acceptors (Lipinski definition) is 3. The maximum Gasteiger partial charge on any atom is 0.419 e. The number of benzene rings is 1. The molecule has 7 heteroatoms. The number of nitrogens with zero attached hydrogens (tertiary/aromatic N) is 2. The highest BCUT2D eigenvalue weighted by Gasteiger charge is 2.34. The molecule has 0 amide bonds. The van der Waals surface area contributed by atoms with Gasteiger partial charge in [-0.25, -0.2) is 14.4 Å². The largest absolute Gasteiger partial charge is 0.419 e. The van der Waals surface area contributed by atoms with Crippen LogP contribution in [-0.4, -0.2) is 16.5 Å². The van der Waals surface area contributed by atoms with Crippen LogP contribution in [0.3, 0.4) is 0 Å². The van der Waals surface area contributed by atoms with Crippen molar-refractivity contribution in [2.24, 2.45) is 0 Å². The van der Waals surface area contributed by atoms with Crippen molar-refractivity contribution in [2.75, 3.05) is 6.54 Å². The lowest BCUT2D eigenvalue weighted by atomic mass is 9.99. The molecule has 0 aliphatic rings. The third kappa shape index (κ3) is 3.55. The molecule has 0 bridgehead atoms. The van der Waals surface area contributed by atoms with Gasteiger partial charge in [0.2, 0.25) is 0 Å². The Morgan fingerprint density at radius 1 is 1.14 bits per heavy atom. The van der Waals surface area contributed by atoms with E-state index in [-0.39, 0.29) is 0 Å². The topological polar surface area (TPSA) is 37.8 Å². The summed E-state index contributed by atoms with van der Waals surface area (Å²) in [6, 6.07) is 2.43. The van der Waals surface area contributed by atoms with Gasteiger partial charge in [0.1, 0.15) is 12.1 Å². The van der Waals surface area contributed by atoms with Gasteiger partial charge >= 0.3 is 6.18 Å². The van der Waals surface area contributed by atoms with Crippen LogP contribution in [-0.2, 0) is 6.18 Å². The van der Waals surface area contributed by atoms with Crippen LogP contribution in [0.25, 0.3) is 0 Å². The summed E-state index contributed by atoms with van der Waals surface area (Å²) in [4.78, 5) is 7.74. The maximum atomic E-state index is 13.7. The van der Waals surface area contributed by atoms with E-state index in [0.29, 0.717) is 17.7 Å². The monoisotopic (exact) mass is 299 g/mol. The fourth-order valence-electron chi connectivity index (χ4n) is 2.03. The predicted octanol–water partition coefficient (Wildman–Crippen LogP) is 3.33. The lowest BCUT2D eigenvalue weighted by Crippen LogP contribution is -2.23. The van der Waals surface area contributed by atoms with E-state index < -0.39 is 23.6 Å². The molecule has 1 aromatic carbocycles. The third-order valence-electron chi connectivity index (χ3n) is 2.95. The fourth-order valence-corrected chi connectivity index (χ4v) is 2.03. The van der Waals surface area contributed by atoms with Crippen LogP contribution in [0.1, 0.15) is 29.7 Å². The van der Waals surface area contributed by atoms with Crippen LogP contribution in [0, 0.1) is 5.82 Å². The quantitative estimate of drug-likeness (QED) is 0.880. The molecule has 0 saturated heterocycles. The van der Waals surface area contributed by atoms with E-state index in [9.17, 15) is 17.6 Å². The Balaban J connectivity index is 2.41. The van der Waals surface area contributed by atoms with E-state index in [1.807, 2.05) is 6.92 Å². The molecule has 3 nitrogen and oxygen atoms in total. The lowest BCUT2D eigenvalue weighted by molar-refractivity contribution is -0.140. The van der Waals surface area contributed by atoms with Crippen LogP contribution in [0.15, 0.2) is 36.9 Å². The minimum absolute atomic E-state index is 0.386. The number of nitrogens with one attached hydrogen (secondary N) is 1. The minimum atomic E-state index is -4.70. The maximum absolute atomic E-state index is 13.7. The third-order valence-corrected chi connectivity index (χ3v) is 2.95. The summed E-state index contributed by atoms with van der Waals surface area (Å²) in [5.74, 6) is -1.29. The number of rotatable bonds is 4. The predicted molar refractivity (Wildman–Crippen MR) is 69.0 cm³/mol. The second-order valence-electron chi connectivity index (χ2n) is 4.40. The summed E-state index contributed by atoms with van der Waals surface area (Å²) in [5.41, 5.74) is -0.235. The highest BCUT2D eigenvalue weighted by molar-refractivity contribution is 5.33. The molecule has 2 aromatic rings. The van der Waals surface area contributed by atoms with Gasteiger partial charge < -0.3 is 5.32 Å². The van der Waals surface area contributed by atoms with Crippen molar-refractivity contribution in [2.45, 2.75) is 19.1 Å². The molecule has 1 N–H and O–H groups in total. The molecular formula is C14H13F4N3. The van der Waals surface area contributed by atoms with E-state index in [2.05, 4.69) is 15.3 Å². The highest BCUT2D eigenvalue weighted by Crippen LogP contribution is 2.33. The SMILES string of the molecule is CCNC(c1cncnc1)c1ccc(C(F)(F)F)c(F)c1. The van der Waals surface area contributed by atoms with Crippen LogP contribution >= 0.6 is 0 Å². The molecule has 0 saturated carbocycles. The van der Waals surface area contributed by atoms with Crippen LogP contribution < -0.4 is 5.32 Å². The van der Waals surface area contributed by atoms with Gasteiger partial charge in [-0.05, 0) is 24.2 Å². The number of alkyl halides is 3. The van der Waals surface area contributed by atoms with Gasteiger partial charge in [-0.3, -0.25) is 0 Å². The van der Waals surface area contributed by atoms with Crippen molar-refractivity contribution in [3.05, 3.63) is 59.4 Å². The molecule has 1 unspecified atom stereocenters. The van der Waals surface area contributed by atoms with E-state index in [1.165, 1.54) is 24.8 Å². The molecule has 0 aliphatic carbocycles. The molecule has 0 radical (unpaired) electrons. The van der Waals surface area contributed by atoms with Crippen molar-refractivity contribution in [1.29, 1.82) is 0 Å². The van der Waals surface area contributed by atoms with Gasteiger partial charge in [0, 0.05) is 18.0 Å². The average molecular weight is 299 g/mol. The average Bonchev–Trinajstić information content (AvgIpc) is 2.44. The van der Waals surface area contributed by atoms with Crippen LogP contribution in [0.5, 0.6) is 0 Å². The Hall–Kier alpha value is -2.02. The second kappa shape index (κ2) is 6.17. The first-order valence-corrected chi connectivity index (χ1v) is 6.28. The molecule has 0 spiro atoms. The van der Waals surface area contributed by atoms with Gasteiger partial charge in [0.25, 0.3) is 0 Å². The first kappa shape index (κ1) is 15.4. The zero-order valence-corrected chi connectivity index (χ0v) is 11.2. The summed E-state index contributed by atoms with van der Waals surface area (Å²) in [6.07, 6.45) is -0.280. The summed E-state index contributed by atoms with van der Waals surface area (Å²) in [5, 5.41) is 3.07. The molecule has 1 atom stereocenters. The van der Waals surface area contributed by atoms with Gasteiger partial charge in [0.05, 0.1) is 11.6 Å². The Kier molecular flexibility index (Phi) is 4.52. The van der Waals surface area contributed by atoms with E-state index >= 15 is 0 Å². The standard InChI is InChI=1S/C14H13F4N3/c1-2-21-13(10-6-19-8-20-7-10)9-3-4-11(12(15)5-9)14(16,17)18/h3-8,13,21H,2H2,1H3. The number of aromatic nitrogens is 2. The van der Waals surface area contributed by atoms with Gasteiger partial charge in [-0.15, -0.1) is 0 Å². The Bertz CT molecular complexity index is 599. The summed E-state index contributed by atoms with van der Waals surface area (Å²) >= 11 is 0. The van der Waals surface area contributed by atoms with Gasteiger partial charge in [-0.1, -0.05) is 13.0 Å². The molecule has 1 heterocycles. The highest BCUT2D eigenvalue weighted by atomic mass is 19.4. The molecule has 1 aromatic heterocycles. The lowest BCUT2D eigenvalue weighted by Gasteiger charge is -2.19. The number of hydrogen-bond donors (Lipinski definition) is 1. The zero-order chi connectivity index (χ0) is 15.5. The van der Waals surface area contributed by atoms with Crippen molar-refractivity contribution in [3.63, 3.8) is 0 Å². The Labute approximate surface area is 119 Å². The van der Waals surface area contributed by atoms with Gasteiger partial charge in [0.15, 0.2) is 0 Å².